The Kier molecular flexibility index (Phi) is 2.49. The van der Waals surface area contributed by atoms with Gasteiger partial charge in [-0.15, -0.1) is 0 Å². The number of hydrogen-bond acceptors (Lipinski definition) is 3. The van der Waals surface area contributed by atoms with E-state index in [9.17, 15) is 9.82 Å². The fourth-order valence-electron chi connectivity index (χ4n) is 0.812. The predicted molar refractivity (Wildman–Crippen MR) is 42.2 cm³/mol. The Hall–Kier alpha value is -1.03. The second-order valence-electron chi connectivity index (χ2n) is 2.28. The second kappa shape index (κ2) is 3.39. The van der Waals surface area contributed by atoms with Crippen LogP contribution in [0.25, 0.3) is 0 Å². The van der Waals surface area contributed by atoms with Crippen molar-refractivity contribution in [1.82, 2.24) is 0 Å². The molecule has 0 saturated heterocycles. The SMILES string of the molecule is CCB(O)c1ccc(C=O)o1. The van der Waals surface area contributed by atoms with Gasteiger partial charge in [-0.25, -0.2) is 0 Å². The van der Waals surface area contributed by atoms with Crippen LogP contribution in [0.5, 0.6) is 0 Å². The van der Waals surface area contributed by atoms with Gasteiger partial charge < -0.3 is 9.44 Å². The van der Waals surface area contributed by atoms with Crippen LogP contribution in [-0.4, -0.2) is 18.2 Å². The first-order chi connectivity index (χ1) is 5.27. The average molecular weight is 152 g/mol. The van der Waals surface area contributed by atoms with Gasteiger partial charge in [0.05, 0.1) is 0 Å². The fraction of sp³-hybridized carbons (Fsp3) is 0.286. The standard InChI is InChI=1S/C7H9BO3/c1-2-8(10)7-4-3-6(5-9)11-7/h3-5,10H,2H2,1H3. The van der Waals surface area contributed by atoms with Gasteiger partial charge in [0.25, 0.3) is 0 Å². The zero-order valence-electron chi connectivity index (χ0n) is 6.28. The lowest BCUT2D eigenvalue weighted by atomic mass is 9.63. The van der Waals surface area contributed by atoms with Crippen LogP contribution in [0, 0.1) is 0 Å². The van der Waals surface area contributed by atoms with Crippen molar-refractivity contribution in [3.05, 3.63) is 17.9 Å². The largest absolute Gasteiger partial charge is 0.465 e. The number of rotatable bonds is 3. The molecule has 4 heteroatoms. The number of furan rings is 1. The molecule has 1 heterocycles. The number of aldehydes is 1. The van der Waals surface area contributed by atoms with Crippen LogP contribution in [0.3, 0.4) is 0 Å². The zero-order valence-corrected chi connectivity index (χ0v) is 6.28. The lowest BCUT2D eigenvalue weighted by Crippen LogP contribution is -2.27. The molecule has 3 nitrogen and oxygen atoms in total. The van der Waals surface area contributed by atoms with Crippen LogP contribution in [-0.2, 0) is 0 Å². The Bertz CT molecular complexity index is 244. The zero-order chi connectivity index (χ0) is 8.27. The number of hydrogen-bond donors (Lipinski definition) is 1. The highest BCUT2D eigenvalue weighted by molar-refractivity contribution is 6.64. The minimum atomic E-state index is -0.594. The first kappa shape index (κ1) is 8.08. The highest BCUT2D eigenvalue weighted by Gasteiger charge is 2.15. The van der Waals surface area contributed by atoms with Crippen molar-refractivity contribution < 1.29 is 14.2 Å². The topological polar surface area (TPSA) is 50.4 Å². The molecule has 0 fully saturated rings. The van der Waals surface area contributed by atoms with Crippen molar-refractivity contribution >= 4 is 18.9 Å². The van der Waals surface area contributed by atoms with Gasteiger partial charge in [-0.1, -0.05) is 6.92 Å². The molecule has 0 aliphatic heterocycles. The smallest absolute Gasteiger partial charge is 0.365 e. The molecule has 58 valence electrons. The molecule has 1 aromatic rings. The third kappa shape index (κ3) is 1.71. The summed E-state index contributed by atoms with van der Waals surface area (Å²) in [4.78, 5) is 10.2. The summed E-state index contributed by atoms with van der Waals surface area (Å²) in [5, 5.41) is 9.23. The van der Waals surface area contributed by atoms with E-state index in [1.165, 1.54) is 0 Å². The number of carbonyl (C=O) groups is 1. The normalized spacial score (nSPS) is 9.64. The van der Waals surface area contributed by atoms with E-state index in [0.717, 1.165) is 0 Å². The van der Waals surface area contributed by atoms with Crippen LogP contribution in [0.15, 0.2) is 16.5 Å². The monoisotopic (exact) mass is 152 g/mol. The lowest BCUT2D eigenvalue weighted by molar-refractivity contribution is 0.110. The van der Waals surface area contributed by atoms with E-state index in [1.54, 1.807) is 12.1 Å². The molecule has 1 N–H and O–H groups in total. The summed E-state index contributed by atoms with van der Waals surface area (Å²) >= 11 is 0. The van der Waals surface area contributed by atoms with Crippen LogP contribution < -0.4 is 5.66 Å². The van der Waals surface area contributed by atoms with Gasteiger partial charge in [0.2, 0.25) is 0 Å². The third-order valence-electron chi connectivity index (χ3n) is 1.48. The van der Waals surface area contributed by atoms with Gasteiger partial charge in [0.1, 0.15) is 5.66 Å². The predicted octanol–water partition coefficient (Wildman–Crippen LogP) is 0.303. The van der Waals surface area contributed by atoms with Gasteiger partial charge in [-0.3, -0.25) is 4.79 Å². The minimum absolute atomic E-state index is 0.257. The lowest BCUT2D eigenvalue weighted by Gasteiger charge is -1.95. The summed E-state index contributed by atoms with van der Waals surface area (Å²) in [6.45, 7) is 1.25. The van der Waals surface area contributed by atoms with Crippen LogP contribution in [0.1, 0.15) is 17.5 Å². The second-order valence-corrected chi connectivity index (χ2v) is 2.28. The molecule has 1 rings (SSSR count). The highest BCUT2D eigenvalue weighted by atomic mass is 16.4. The van der Waals surface area contributed by atoms with E-state index in [0.29, 0.717) is 18.3 Å². The van der Waals surface area contributed by atoms with Gasteiger partial charge in [-0.05, 0) is 18.5 Å². The molecule has 0 saturated carbocycles. The van der Waals surface area contributed by atoms with E-state index in [4.69, 9.17) is 4.42 Å². The summed E-state index contributed by atoms with van der Waals surface area (Å²) in [5.74, 6) is 0.257. The summed E-state index contributed by atoms with van der Waals surface area (Å²) < 4.78 is 4.97. The summed E-state index contributed by atoms with van der Waals surface area (Å²) in [6, 6.07) is 3.15. The van der Waals surface area contributed by atoms with Crippen molar-refractivity contribution in [1.29, 1.82) is 0 Å². The molecular formula is C7H9BO3. The molecule has 0 radical (unpaired) electrons. The van der Waals surface area contributed by atoms with E-state index in [1.807, 2.05) is 6.92 Å². The molecule has 0 bridgehead atoms. The minimum Gasteiger partial charge on any atom is -0.465 e. The van der Waals surface area contributed by atoms with Gasteiger partial charge in [0.15, 0.2) is 12.0 Å². The highest BCUT2D eigenvalue weighted by Crippen LogP contribution is 1.96. The summed E-state index contributed by atoms with van der Waals surface area (Å²) in [6.07, 6.45) is 1.21. The van der Waals surface area contributed by atoms with Gasteiger partial charge in [0, 0.05) is 0 Å². The molecular weight excluding hydrogens is 143 g/mol. The quantitative estimate of drug-likeness (QED) is 0.500. The van der Waals surface area contributed by atoms with Crippen molar-refractivity contribution in [3.8, 4) is 0 Å². The Morgan fingerprint density at radius 3 is 2.91 bits per heavy atom. The molecule has 0 aromatic carbocycles. The Labute approximate surface area is 65.1 Å². The van der Waals surface area contributed by atoms with Crippen LogP contribution >= 0.6 is 0 Å². The van der Waals surface area contributed by atoms with Crippen LogP contribution in [0.2, 0.25) is 6.32 Å². The van der Waals surface area contributed by atoms with Crippen molar-refractivity contribution in [2.24, 2.45) is 0 Å². The molecule has 0 spiro atoms. The van der Waals surface area contributed by atoms with Gasteiger partial charge >= 0.3 is 6.92 Å². The third-order valence-corrected chi connectivity index (χ3v) is 1.48. The molecule has 11 heavy (non-hydrogen) atoms. The van der Waals surface area contributed by atoms with Crippen molar-refractivity contribution in [3.63, 3.8) is 0 Å². The average Bonchev–Trinajstić information content (AvgIpc) is 2.50. The maximum absolute atomic E-state index is 10.2. The van der Waals surface area contributed by atoms with Crippen molar-refractivity contribution in [2.75, 3.05) is 0 Å². The fourth-order valence-corrected chi connectivity index (χ4v) is 0.812. The Balaban J connectivity index is 2.79. The number of carbonyl (C=O) groups excluding carboxylic acids is 1. The first-order valence-corrected chi connectivity index (χ1v) is 3.51. The first-order valence-electron chi connectivity index (χ1n) is 3.51. The van der Waals surface area contributed by atoms with E-state index in [2.05, 4.69) is 0 Å². The molecule has 0 aliphatic carbocycles. The molecule has 0 amide bonds. The maximum Gasteiger partial charge on any atom is 0.365 e. The maximum atomic E-state index is 10.2. The van der Waals surface area contributed by atoms with Gasteiger partial charge in [-0.2, -0.15) is 0 Å². The molecule has 0 unspecified atom stereocenters. The van der Waals surface area contributed by atoms with E-state index < -0.39 is 6.92 Å². The molecule has 0 atom stereocenters. The van der Waals surface area contributed by atoms with E-state index in [-0.39, 0.29) is 5.76 Å². The Morgan fingerprint density at radius 2 is 2.45 bits per heavy atom. The van der Waals surface area contributed by atoms with Crippen molar-refractivity contribution in [2.45, 2.75) is 13.2 Å². The Morgan fingerprint density at radius 1 is 1.73 bits per heavy atom. The molecule has 0 aliphatic rings. The summed E-state index contributed by atoms with van der Waals surface area (Å²) in [7, 11) is 0. The molecule has 1 aromatic heterocycles. The van der Waals surface area contributed by atoms with Crippen LogP contribution in [0.4, 0.5) is 0 Å². The van der Waals surface area contributed by atoms with E-state index >= 15 is 0 Å². The summed E-state index contributed by atoms with van der Waals surface area (Å²) in [5.41, 5.74) is 0.453.